The highest BCUT2D eigenvalue weighted by atomic mass is 19.1. The van der Waals surface area contributed by atoms with Crippen LogP contribution in [0.4, 0.5) is 8.78 Å². The summed E-state index contributed by atoms with van der Waals surface area (Å²) in [7, 11) is 0. The van der Waals surface area contributed by atoms with Crippen LogP contribution in [0.2, 0.25) is 0 Å². The van der Waals surface area contributed by atoms with Gasteiger partial charge in [-0.1, -0.05) is 158 Å². The van der Waals surface area contributed by atoms with Crippen molar-refractivity contribution in [2.75, 3.05) is 0 Å². The minimum absolute atomic E-state index is 0.134. The normalized spacial score (nSPS) is 11.8. The molecule has 334 valence electrons. The van der Waals surface area contributed by atoms with Crippen LogP contribution in [-0.4, -0.2) is 28.7 Å². The minimum atomic E-state index is -0.669. The summed E-state index contributed by atoms with van der Waals surface area (Å²) in [6, 6.07) is 76.5. The molecule has 14 aromatic rings. The summed E-state index contributed by atoms with van der Waals surface area (Å²) >= 11 is 0. The standard InChI is InChI=1S/C63H38F2N6/c64-51-24-15-25-52(65)60(51)41-30-35-57(50(36-41)63-67-61(39-16-3-1-4-17-39)66-62(68-63)40-18-5-2-6-19-40)71-58-37-42(69-53-26-11-7-20-44(53)45-21-8-12-27-54(45)69)31-33-48(58)49-34-32-43(38-59(49)71)70-55-28-13-9-22-46(55)47-23-10-14-29-56(47)70/h1-38H. The van der Waals surface area contributed by atoms with Crippen molar-refractivity contribution in [3.63, 3.8) is 0 Å². The molecule has 0 aliphatic rings. The van der Waals surface area contributed by atoms with E-state index in [0.717, 1.165) is 87.9 Å². The van der Waals surface area contributed by atoms with Crippen LogP contribution in [0, 0.1) is 11.6 Å². The third kappa shape index (κ3) is 6.42. The molecule has 14 rings (SSSR count). The van der Waals surface area contributed by atoms with Crippen LogP contribution < -0.4 is 0 Å². The zero-order chi connectivity index (χ0) is 47.2. The summed E-state index contributed by atoms with van der Waals surface area (Å²) in [5, 5.41) is 6.71. The molecule has 0 N–H and O–H groups in total. The number of benzene rings is 10. The highest BCUT2D eigenvalue weighted by Gasteiger charge is 2.24. The first kappa shape index (κ1) is 40.5. The Kier molecular flexibility index (Phi) is 9.16. The van der Waals surface area contributed by atoms with E-state index in [-0.39, 0.29) is 5.56 Å². The van der Waals surface area contributed by atoms with Gasteiger partial charge in [0, 0.05) is 60.4 Å². The number of fused-ring (bicyclic) bond motifs is 9. The van der Waals surface area contributed by atoms with Gasteiger partial charge in [0.2, 0.25) is 0 Å². The predicted molar refractivity (Wildman–Crippen MR) is 285 cm³/mol. The molecule has 10 aromatic carbocycles. The highest BCUT2D eigenvalue weighted by molar-refractivity contribution is 6.14. The van der Waals surface area contributed by atoms with Crippen molar-refractivity contribution in [3.05, 3.63) is 242 Å². The summed E-state index contributed by atoms with van der Waals surface area (Å²) in [6.07, 6.45) is 0. The maximum atomic E-state index is 15.9. The lowest BCUT2D eigenvalue weighted by Gasteiger charge is -2.17. The fraction of sp³-hybridized carbons (Fsp3) is 0. The van der Waals surface area contributed by atoms with Crippen molar-refractivity contribution < 1.29 is 8.78 Å². The van der Waals surface area contributed by atoms with Crippen LogP contribution in [0.25, 0.3) is 128 Å². The molecule has 0 spiro atoms. The Balaban J connectivity index is 1.12. The van der Waals surface area contributed by atoms with E-state index in [9.17, 15) is 0 Å². The summed E-state index contributed by atoms with van der Waals surface area (Å²) in [5.74, 6) is -0.0613. The summed E-state index contributed by atoms with van der Waals surface area (Å²) in [4.78, 5) is 15.5. The number of halogens is 2. The van der Waals surface area contributed by atoms with Crippen LogP contribution in [0.3, 0.4) is 0 Å². The van der Waals surface area contributed by atoms with Gasteiger partial charge in [-0.3, -0.25) is 0 Å². The van der Waals surface area contributed by atoms with Gasteiger partial charge >= 0.3 is 0 Å². The van der Waals surface area contributed by atoms with Crippen LogP contribution in [0.1, 0.15) is 0 Å². The lowest BCUT2D eigenvalue weighted by Crippen LogP contribution is -2.05. The van der Waals surface area contributed by atoms with Gasteiger partial charge in [0.1, 0.15) is 11.6 Å². The second kappa shape index (κ2) is 16.0. The molecule has 6 nitrogen and oxygen atoms in total. The van der Waals surface area contributed by atoms with Crippen molar-refractivity contribution in [2.45, 2.75) is 0 Å². The van der Waals surface area contributed by atoms with E-state index in [1.54, 1.807) is 6.07 Å². The summed E-state index contributed by atoms with van der Waals surface area (Å²) in [6.45, 7) is 0. The predicted octanol–water partition coefficient (Wildman–Crippen LogP) is 16.1. The summed E-state index contributed by atoms with van der Waals surface area (Å²) in [5.41, 5.74) is 11.3. The van der Waals surface area contributed by atoms with Crippen LogP contribution in [-0.2, 0) is 0 Å². The number of nitrogens with zero attached hydrogens (tertiary/aromatic N) is 6. The second-order valence-corrected chi connectivity index (χ2v) is 17.8. The number of hydrogen-bond acceptors (Lipinski definition) is 3. The highest BCUT2D eigenvalue weighted by Crippen LogP contribution is 2.42. The van der Waals surface area contributed by atoms with Crippen LogP contribution in [0.15, 0.2) is 231 Å². The first-order valence-corrected chi connectivity index (χ1v) is 23.6. The summed E-state index contributed by atoms with van der Waals surface area (Å²) < 4.78 is 38.8. The smallest absolute Gasteiger partial charge is 0.166 e. The molecule has 4 aromatic heterocycles. The Morgan fingerprint density at radius 3 is 1.13 bits per heavy atom. The van der Waals surface area contributed by atoms with E-state index in [4.69, 9.17) is 15.0 Å². The lowest BCUT2D eigenvalue weighted by atomic mass is 9.99. The lowest BCUT2D eigenvalue weighted by molar-refractivity contribution is 0.589. The van der Waals surface area contributed by atoms with Crippen molar-refractivity contribution in [2.24, 2.45) is 0 Å². The van der Waals surface area contributed by atoms with Gasteiger partial charge in [-0.05, 0) is 78.4 Å². The van der Waals surface area contributed by atoms with E-state index >= 15 is 8.78 Å². The maximum Gasteiger partial charge on any atom is 0.166 e. The molecule has 0 unspecified atom stereocenters. The Morgan fingerprint density at radius 2 is 0.676 bits per heavy atom. The molecule has 0 atom stereocenters. The molecule has 0 aliphatic carbocycles. The Hall–Kier alpha value is -9.53. The van der Waals surface area contributed by atoms with Gasteiger partial charge in [-0.25, -0.2) is 23.7 Å². The van der Waals surface area contributed by atoms with Crippen LogP contribution in [0.5, 0.6) is 0 Å². The van der Waals surface area contributed by atoms with Gasteiger partial charge in [-0.2, -0.15) is 0 Å². The molecule has 0 radical (unpaired) electrons. The van der Waals surface area contributed by atoms with E-state index in [1.165, 1.54) is 18.2 Å². The quantitative estimate of drug-likeness (QED) is 0.160. The van der Waals surface area contributed by atoms with E-state index in [2.05, 4.69) is 147 Å². The minimum Gasteiger partial charge on any atom is -0.309 e. The molecule has 0 fully saturated rings. The largest absolute Gasteiger partial charge is 0.309 e. The number of rotatable bonds is 7. The topological polar surface area (TPSA) is 53.5 Å². The maximum absolute atomic E-state index is 15.9. The molecular weight excluding hydrogens is 879 g/mol. The Bertz CT molecular complexity index is 4080. The molecule has 8 heteroatoms. The van der Waals surface area contributed by atoms with E-state index in [0.29, 0.717) is 34.3 Å². The van der Waals surface area contributed by atoms with Crippen molar-refractivity contribution in [1.29, 1.82) is 0 Å². The zero-order valence-corrected chi connectivity index (χ0v) is 37.9. The first-order valence-electron chi connectivity index (χ1n) is 23.6. The number of hydrogen-bond donors (Lipinski definition) is 0. The van der Waals surface area contributed by atoms with Crippen LogP contribution >= 0.6 is 0 Å². The average Bonchev–Trinajstić information content (AvgIpc) is 4.06. The van der Waals surface area contributed by atoms with Gasteiger partial charge in [0.15, 0.2) is 17.5 Å². The van der Waals surface area contributed by atoms with Crippen molar-refractivity contribution in [3.8, 4) is 62.4 Å². The third-order valence-electron chi connectivity index (χ3n) is 13.8. The zero-order valence-electron chi connectivity index (χ0n) is 37.9. The van der Waals surface area contributed by atoms with Crippen molar-refractivity contribution in [1.82, 2.24) is 28.7 Å². The molecule has 0 aliphatic heterocycles. The Labute approximate surface area is 405 Å². The fourth-order valence-corrected chi connectivity index (χ4v) is 10.7. The number of para-hydroxylation sites is 4. The second-order valence-electron chi connectivity index (χ2n) is 17.8. The molecule has 0 saturated carbocycles. The average molecular weight is 917 g/mol. The Morgan fingerprint density at radius 1 is 0.282 bits per heavy atom. The molecule has 0 amide bonds. The molecule has 0 saturated heterocycles. The molecule has 71 heavy (non-hydrogen) atoms. The van der Waals surface area contributed by atoms with Gasteiger partial charge in [-0.15, -0.1) is 0 Å². The fourth-order valence-electron chi connectivity index (χ4n) is 10.7. The van der Waals surface area contributed by atoms with Gasteiger partial charge in [0.25, 0.3) is 0 Å². The van der Waals surface area contributed by atoms with Gasteiger partial charge in [0.05, 0.1) is 44.4 Å². The van der Waals surface area contributed by atoms with E-state index < -0.39 is 11.6 Å². The number of aromatic nitrogens is 6. The molecular formula is C63H38F2N6. The SMILES string of the molecule is Fc1cccc(F)c1-c1ccc(-n2c3cc(-n4c5ccccc5c5ccccc54)ccc3c3ccc(-n4c5ccccc5c5ccccc54)cc32)c(-c2nc(-c3ccccc3)nc(-c3ccccc3)n2)c1. The third-order valence-corrected chi connectivity index (χ3v) is 13.8. The molecule has 0 bridgehead atoms. The van der Waals surface area contributed by atoms with E-state index in [1.807, 2.05) is 72.8 Å². The van der Waals surface area contributed by atoms with Crippen molar-refractivity contribution >= 4 is 65.4 Å². The first-order chi connectivity index (χ1) is 35.1. The van der Waals surface area contributed by atoms with Gasteiger partial charge < -0.3 is 13.7 Å². The molecule has 4 heterocycles. The monoisotopic (exact) mass is 916 g/mol.